The second-order valence-electron chi connectivity index (χ2n) is 6.70. The Morgan fingerprint density at radius 2 is 1.90 bits per heavy atom. The van der Waals surface area contributed by atoms with Gasteiger partial charge in [-0.1, -0.05) is 22.5 Å². The van der Waals surface area contributed by atoms with Gasteiger partial charge in [-0.25, -0.2) is 4.98 Å². The summed E-state index contributed by atoms with van der Waals surface area (Å²) in [5, 5.41) is 37.8. The molecule has 0 atom stereocenters. The van der Waals surface area contributed by atoms with E-state index in [1.807, 2.05) is 44.2 Å². The molecule has 2 aromatic heterocycles. The Balaban J connectivity index is 1.94. The maximum Gasteiger partial charge on any atom is 0.266 e. The Morgan fingerprint density at radius 1 is 1.26 bits per heavy atom. The van der Waals surface area contributed by atoms with E-state index < -0.39 is 5.95 Å². The van der Waals surface area contributed by atoms with Gasteiger partial charge in [-0.3, -0.25) is 4.79 Å². The second kappa shape index (κ2) is 8.73. The van der Waals surface area contributed by atoms with Gasteiger partial charge < -0.3 is 20.7 Å². The molecule has 0 saturated carbocycles. The molecule has 0 fully saturated rings. The number of nitrogen functional groups attached to an aromatic ring is 1. The number of hydrogen-bond donors (Lipinski definition) is 2. The molecule has 3 aromatic rings. The summed E-state index contributed by atoms with van der Waals surface area (Å²) in [5.41, 5.74) is 8.24. The van der Waals surface area contributed by atoms with Crippen LogP contribution in [0.4, 0.5) is 11.5 Å². The van der Waals surface area contributed by atoms with Crippen molar-refractivity contribution < 1.29 is 19.1 Å². The fraction of sp³-hybridized carbons (Fsp3) is 0.200. The molecular formula is C20H17N7O3S. The van der Waals surface area contributed by atoms with E-state index in [-0.39, 0.29) is 44.9 Å². The fourth-order valence-electron chi connectivity index (χ4n) is 3.10. The quantitative estimate of drug-likeness (QED) is 0.443. The second-order valence-corrected chi connectivity index (χ2v) is 7.66. The Hall–Kier alpha value is -4.09. The number of aromatic nitrogens is 3. The average Bonchev–Trinajstić information content (AvgIpc) is 3.02. The van der Waals surface area contributed by atoms with E-state index in [2.05, 4.69) is 20.1 Å². The highest BCUT2D eigenvalue weighted by Gasteiger charge is 2.29. The third-order valence-corrected chi connectivity index (χ3v) is 5.24. The molecule has 0 aliphatic heterocycles. The summed E-state index contributed by atoms with van der Waals surface area (Å²) >= 11 is 0.967. The zero-order chi connectivity index (χ0) is 22.7. The highest BCUT2D eigenvalue weighted by atomic mass is 32.2. The van der Waals surface area contributed by atoms with Gasteiger partial charge in [0.15, 0.2) is 13.0 Å². The van der Waals surface area contributed by atoms with Gasteiger partial charge >= 0.3 is 0 Å². The lowest BCUT2D eigenvalue weighted by atomic mass is 10.0. The number of hydrogen-bond acceptors (Lipinski definition) is 9. The van der Waals surface area contributed by atoms with Crippen LogP contribution in [0.3, 0.4) is 0 Å². The van der Waals surface area contributed by atoms with Gasteiger partial charge in [0.25, 0.3) is 5.69 Å². The molecule has 11 heteroatoms. The van der Waals surface area contributed by atoms with Crippen molar-refractivity contribution >= 4 is 29.2 Å². The number of thioether (sulfide) groups is 1. The van der Waals surface area contributed by atoms with Crippen LogP contribution in [-0.4, -0.2) is 21.9 Å². The number of carbonyl (C=O) groups excluding carboxylic acids is 1. The Kier molecular flexibility index (Phi) is 6.09. The summed E-state index contributed by atoms with van der Waals surface area (Å²) in [6.45, 7) is 3.85. The van der Waals surface area contributed by atoms with Gasteiger partial charge in [0.05, 0.1) is 22.2 Å². The standard InChI is InChI=1S/C20H17N7O3S/c1-10-4-11(2)6-12(5-10)24-15(28)9-31-19-14(8-22)16(13(7-21)18(23)25-19)17-20(29)30-26-27(17)3/h4-6H,9H2,1-3H3,(H3-,23,24,25,26,28,29). The molecular weight excluding hydrogens is 418 g/mol. The molecule has 10 nitrogen and oxygen atoms in total. The summed E-state index contributed by atoms with van der Waals surface area (Å²) in [6, 6.07) is 9.49. The predicted octanol–water partition coefficient (Wildman–Crippen LogP) is 1.31. The predicted molar refractivity (Wildman–Crippen MR) is 109 cm³/mol. The Bertz CT molecular complexity index is 1230. The number of rotatable bonds is 5. The van der Waals surface area contributed by atoms with Gasteiger partial charge in [0.1, 0.15) is 28.5 Å². The van der Waals surface area contributed by atoms with Crippen molar-refractivity contribution in [3.63, 3.8) is 0 Å². The van der Waals surface area contributed by atoms with Crippen molar-refractivity contribution in [1.82, 2.24) is 10.3 Å². The summed E-state index contributed by atoms with van der Waals surface area (Å²) in [7, 11) is 1.43. The third-order valence-electron chi connectivity index (χ3n) is 4.26. The SMILES string of the molecule is Cc1cc(C)cc(NC(=O)CSc2nc(N)c(C#N)c(-c3c([O-])on[n+]3C)c2C#N)c1. The maximum absolute atomic E-state index is 12.4. The summed E-state index contributed by atoms with van der Waals surface area (Å²) < 4.78 is 5.73. The maximum atomic E-state index is 12.4. The van der Waals surface area contributed by atoms with Crippen molar-refractivity contribution in [2.24, 2.45) is 7.05 Å². The van der Waals surface area contributed by atoms with Crippen molar-refractivity contribution in [2.75, 3.05) is 16.8 Å². The third kappa shape index (κ3) is 4.42. The molecule has 2 heterocycles. The van der Waals surface area contributed by atoms with Crippen LogP contribution in [-0.2, 0) is 11.8 Å². The van der Waals surface area contributed by atoms with Crippen molar-refractivity contribution in [3.05, 3.63) is 40.5 Å². The minimum Gasteiger partial charge on any atom is -0.539 e. The monoisotopic (exact) mass is 435 g/mol. The van der Waals surface area contributed by atoms with Crippen LogP contribution in [0, 0.1) is 36.5 Å². The van der Waals surface area contributed by atoms with Gasteiger partial charge in [-0.2, -0.15) is 10.5 Å². The number of nitrogens with zero attached hydrogens (tertiary/aromatic N) is 5. The van der Waals surface area contributed by atoms with Crippen LogP contribution in [0.25, 0.3) is 11.3 Å². The van der Waals surface area contributed by atoms with Crippen LogP contribution in [0.5, 0.6) is 5.95 Å². The molecule has 31 heavy (non-hydrogen) atoms. The van der Waals surface area contributed by atoms with Crippen LogP contribution < -0.4 is 20.8 Å². The number of aryl methyl sites for hydroxylation is 3. The van der Waals surface area contributed by atoms with E-state index in [4.69, 9.17) is 5.73 Å². The Labute approximate surface area is 181 Å². The first-order chi connectivity index (χ1) is 14.7. The number of nitrogens with two attached hydrogens (primary N) is 1. The molecule has 1 amide bonds. The van der Waals surface area contributed by atoms with Crippen molar-refractivity contribution in [1.29, 1.82) is 10.5 Å². The van der Waals surface area contributed by atoms with Crippen molar-refractivity contribution in [2.45, 2.75) is 18.9 Å². The van der Waals surface area contributed by atoms with Crippen LogP contribution in [0.15, 0.2) is 27.7 Å². The minimum atomic E-state index is -0.829. The van der Waals surface area contributed by atoms with E-state index in [0.29, 0.717) is 5.69 Å². The van der Waals surface area contributed by atoms with Gasteiger partial charge in [-0.15, -0.1) is 0 Å². The average molecular weight is 435 g/mol. The highest BCUT2D eigenvalue weighted by Crippen LogP contribution is 2.36. The zero-order valence-corrected chi connectivity index (χ0v) is 17.7. The molecule has 0 radical (unpaired) electrons. The molecule has 3 rings (SSSR count). The molecule has 0 spiro atoms. The van der Waals surface area contributed by atoms with Crippen molar-refractivity contribution in [3.8, 4) is 29.3 Å². The molecule has 0 aliphatic carbocycles. The van der Waals surface area contributed by atoms with E-state index in [9.17, 15) is 20.4 Å². The first kappa shape index (κ1) is 21.6. The van der Waals surface area contributed by atoms with E-state index in [1.54, 1.807) is 0 Å². The number of nitrogens with one attached hydrogen (secondary N) is 1. The number of amides is 1. The molecule has 0 bridgehead atoms. The topological polar surface area (TPSA) is 169 Å². The van der Waals surface area contributed by atoms with Gasteiger partial charge in [0, 0.05) is 5.69 Å². The van der Waals surface area contributed by atoms with E-state index >= 15 is 0 Å². The fourth-order valence-corrected chi connectivity index (χ4v) is 3.89. The molecule has 0 aliphatic rings. The number of anilines is 2. The minimum absolute atomic E-state index is 0.0246. The summed E-state index contributed by atoms with van der Waals surface area (Å²) in [6.07, 6.45) is 0. The lowest BCUT2D eigenvalue weighted by molar-refractivity contribution is -0.730. The Morgan fingerprint density at radius 3 is 2.45 bits per heavy atom. The van der Waals surface area contributed by atoms with Crippen LogP contribution in [0.2, 0.25) is 0 Å². The van der Waals surface area contributed by atoms with E-state index in [1.165, 1.54) is 7.05 Å². The number of benzene rings is 1. The largest absolute Gasteiger partial charge is 0.539 e. The summed E-state index contributed by atoms with van der Waals surface area (Å²) in [4.78, 5) is 16.5. The first-order valence-electron chi connectivity index (χ1n) is 8.93. The first-order valence-corrected chi connectivity index (χ1v) is 9.91. The lowest BCUT2D eigenvalue weighted by Gasteiger charge is -2.11. The van der Waals surface area contributed by atoms with Gasteiger partial charge in [-0.05, 0) is 37.1 Å². The van der Waals surface area contributed by atoms with Gasteiger partial charge in [0.2, 0.25) is 5.91 Å². The normalized spacial score (nSPS) is 10.4. The van der Waals surface area contributed by atoms with Crippen LogP contribution in [0.1, 0.15) is 22.3 Å². The smallest absolute Gasteiger partial charge is 0.266 e. The molecule has 156 valence electrons. The zero-order valence-electron chi connectivity index (χ0n) is 16.9. The number of nitriles is 2. The highest BCUT2D eigenvalue weighted by molar-refractivity contribution is 8.00. The molecule has 0 saturated heterocycles. The number of carbonyl (C=O) groups is 1. The summed E-state index contributed by atoms with van der Waals surface area (Å²) in [5.74, 6) is -1.39. The molecule has 3 N–H and O–H groups in total. The molecule has 1 aromatic carbocycles. The number of pyridine rings is 1. The van der Waals surface area contributed by atoms with E-state index in [0.717, 1.165) is 27.6 Å². The van der Waals surface area contributed by atoms with Crippen LogP contribution >= 0.6 is 11.8 Å². The lowest BCUT2D eigenvalue weighted by Crippen LogP contribution is -2.32. The molecule has 0 unspecified atom stereocenters.